The summed E-state index contributed by atoms with van der Waals surface area (Å²) in [5.74, 6) is 0.848. The molecule has 0 saturated carbocycles. The lowest BCUT2D eigenvalue weighted by Crippen LogP contribution is -2.30. The van der Waals surface area contributed by atoms with Crippen LogP contribution < -0.4 is 15.5 Å². The highest BCUT2D eigenvalue weighted by molar-refractivity contribution is 5.89. The van der Waals surface area contributed by atoms with Crippen molar-refractivity contribution >= 4 is 17.5 Å². The summed E-state index contributed by atoms with van der Waals surface area (Å²) < 4.78 is 1.98. The average molecular weight is 288 g/mol. The number of aromatic nitrogens is 3. The molecule has 0 unspecified atom stereocenters. The van der Waals surface area contributed by atoms with Crippen molar-refractivity contribution in [3.05, 3.63) is 37.1 Å². The van der Waals surface area contributed by atoms with E-state index in [-0.39, 0.29) is 6.03 Å². The fraction of sp³-hybridized carbons (Fsp3) is 0.357. The third-order valence-corrected chi connectivity index (χ3v) is 2.90. The van der Waals surface area contributed by atoms with E-state index >= 15 is 0 Å². The van der Waals surface area contributed by atoms with E-state index in [0.717, 1.165) is 18.8 Å². The number of hydrogen-bond donors (Lipinski definition) is 2. The van der Waals surface area contributed by atoms with E-state index in [1.807, 2.05) is 41.9 Å². The van der Waals surface area contributed by atoms with Crippen LogP contribution in [0.25, 0.3) is 0 Å². The lowest BCUT2D eigenvalue weighted by molar-refractivity contribution is 0.252. The van der Waals surface area contributed by atoms with E-state index in [9.17, 15) is 4.79 Å². The summed E-state index contributed by atoms with van der Waals surface area (Å²) in [5.41, 5.74) is 0.674. The van der Waals surface area contributed by atoms with Gasteiger partial charge in [-0.2, -0.15) is 0 Å². The third-order valence-electron chi connectivity index (χ3n) is 2.90. The van der Waals surface area contributed by atoms with Gasteiger partial charge in [0.1, 0.15) is 5.82 Å². The molecule has 21 heavy (non-hydrogen) atoms. The Morgan fingerprint density at radius 2 is 2.24 bits per heavy atom. The number of aryl methyl sites for hydroxylation is 1. The zero-order valence-corrected chi connectivity index (χ0v) is 12.3. The lowest BCUT2D eigenvalue weighted by atomic mass is 10.4. The number of pyridine rings is 1. The molecule has 0 fully saturated rings. The first-order valence-corrected chi connectivity index (χ1v) is 6.79. The smallest absolute Gasteiger partial charge is 0.319 e. The van der Waals surface area contributed by atoms with Crippen LogP contribution in [0.5, 0.6) is 0 Å². The Kier molecular flexibility index (Phi) is 5.14. The van der Waals surface area contributed by atoms with Crippen molar-refractivity contribution in [3.8, 4) is 0 Å². The number of nitrogens with zero attached hydrogens (tertiary/aromatic N) is 4. The number of amides is 2. The zero-order valence-electron chi connectivity index (χ0n) is 12.3. The van der Waals surface area contributed by atoms with E-state index < -0.39 is 0 Å². The van der Waals surface area contributed by atoms with Gasteiger partial charge in [-0.25, -0.2) is 14.8 Å². The Labute approximate surface area is 124 Å². The van der Waals surface area contributed by atoms with Crippen molar-refractivity contribution in [1.29, 1.82) is 0 Å². The molecular formula is C14H20N6O. The van der Waals surface area contributed by atoms with Crippen LogP contribution in [0.3, 0.4) is 0 Å². The van der Waals surface area contributed by atoms with Gasteiger partial charge in [-0.3, -0.25) is 0 Å². The van der Waals surface area contributed by atoms with Gasteiger partial charge in [0.2, 0.25) is 0 Å². The Morgan fingerprint density at radius 1 is 1.38 bits per heavy atom. The SMILES string of the molecule is CN(C)c1ccc(NC(=O)NCCCn2ccnc2)cn1. The third kappa shape index (κ3) is 4.79. The highest BCUT2D eigenvalue weighted by Crippen LogP contribution is 2.11. The number of anilines is 2. The van der Waals surface area contributed by atoms with Gasteiger partial charge < -0.3 is 20.1 Å². The van der Waals surface area contributed by atoms with Gasteiger partial charge in [0.25, 0.3) is 0 Å². The van der Waals surface area contributed by atoms with Crippen molar-refractivity contribution < 1.29 is 4.79 Å². The molecule has 2 aromatic heterocycles. The molecule has 7 heteroatoms. The molecule has 2 amide bonds. The Bertz CT molecular complexity index is 549. The summed E-state index contributed by atoms with van der Waals surface area (Å²) in [6, 6.07) is 3.46. The second-order valence-electron chi connectivity index (χ2n) is 4.83. The van der Waals surface area contributed by atoms with Crippen LogP contribution in [0, 0.1) is 0 Å². The second kappa shape index (κ2) is 7.28. The van der Waals surface area contributed by atoms with Gasteiger partial charge in [-0.15, -0.1) is 0 Å². The summed E-state index contributed by atoms with van der Waals surface area (Å²) in [7, 11) is 3.84. The maximum absolute atomic E-state index is 11.7. The van der Waals surface area contributed by atoms with Crippen molar-refractivity contribution in [2.45, 2.75) is 13.0 Å². The summed E-state index contributed by atoms with van der Waals surface area (Å²) in [5, 5.41) is 5.56. The van der Waals surface area contributed by atoms with Crippen molar-refractivity contribution in [2.24, 2.45) is 0 Å². The maximum Gasteiger partial charge on any atom is 0.319 e. The van der Waals surface area contributed by atoms with Crippen LogP contribution in [0.2, 0.25) is 0 Å². The number of carbonyl (C=O) groups excluding carboxylic acids is 1. The summed E-state index contributed by atoms with van der Waals surface area (Å²) in [6.07, 6.45) is 7.89. The average Bonchev–Trinajstić information content (AvgIpc) is 2.97. The molecule has 2 aromatic rings. The van der Waals surface area contributed by atoms with Gasteiger partial charge in [0.15, 0.2) is 0 Å². The van der Waals surface area contributed by atoms with Crippen LogP contribution in [0.4, 0.5) is 16.3 Å². The quantitative estimate of drug-likeness (QED) is 0.791. The predicted octanol–water partition coefficient (Wildman–Crippen LogP) is 1.56. The molecule has 2 heterocycles. The van der Waals surface area contributed by atoms with E-state index in [1.165, 1.54) is 0 Å². The molecule has 0 bridgehead atoms. The minimum absolute atomic E-state index is 0.222. The van der Waals surface area contributed by atoms with E-state index in [2.05, 4.69) is 20.6 Å². The number of carbonyl (C=O) groups is 1. The molecule has 7 nitrogen and oxygen atoms in total. The molecule has 0 saturated heterocycles. The number of nitrogens with one attached hydrogen (secondary N) is 2. The van der Waals surface area contributed by atoms with Crippen LogP contribution in [-0.2, 0) is 6.54 Å². The molecule has 0 aliphatic carbocycles. The monoisotopic (exact) mass is 288 g/mol. The molecule has 0 aromatic carbocycles. The largest absolute Gasteiger partial charge is 0.363 e. The van der Waals surface area contributed by atoms with Crippen molar-refractivity contribution in [2.75, 3.05) is 30.9 Å². The summed E-state index contributed by atoms with van der Waals surface area (Å²) in [6.45, 7) is 1.44. The topological polar surface area (TPSA) is 75.1 Å². The molecule has 0 spiro atoms. The van der Waals surface area contributed by atoms with Crippen LogP contribution >= 0.6 is 0 Å². The van der Waals surface area contributed by atoms with E-state index in [0.29, 0.717) is 12.2 Å². The standard InChI is InChI=1S/C14H20N6O/c1-19(2)13-5-4-12(10-17-13)18-14(21)16-6-3-8-20-9-7-15-11-20/h4-5,7,9-11H,3,6,8H2,1-2H3,(H2,16,18,21). The molecule has 2 N–H and O–H groups in total. The molecule has 0 aliphatic rings. The number of rotatable bonds is 6. The first-order valence-electron chi connectivity index (χ1n) is 6.79. The zero-order chi connectivity index (χ0) is 15.1. The Hall–Kier alpha value is -2.57. The highest BCUT2D eigenvalue weighted by Gasteiger charge is 2.02. The van der Waals surface area contributed by atoms with Crippen molar-refractivity contribution in [1.82, 2.24) is 19.9 Å². The molecule has 0 radical (unpaired) electrons. The minimum atomic E-state index is -0.222. The number of urea groups is 1. The predicted molar refractivity (Wildman–Crippen MR) is 82.4 cm³/mol. The maximum atomic E-state index is 11.7. The van der Waals surface area contributed by atoms with E-state index in [1.54, 1.807) is 18.7 Å². The first-order chi connectivity index (χ1) is 10.1. The number of imidazole rings is 1. The first kappa shape index (κ1) is 14.8. The van der Waals surface area contributed by atoms with Crippen LogP contribution in [0.15, 0.2) is 37.1 Å². The molecule has 2 rings (SSSR count). The summed E-state index contributed by atoms with van der Waals surface area (Å²) in [4.78, 5) is 21.8. The fourth-order valence-electron chi connectivity index (χ4n) is 1.78. The molecular weight excluding hydrogens is 268 g/mol. The molecule has 0 aliphatic heterocycles. The van der Waals surface area contributed by atoms with E-state index in [4.69, 9.17) is 0 Å². The lowest BCUT2D eigenvalue weighted by Gasteiger charge is -2.12. The highest BCUT2D eigenvalue weighted by atomic mass is 16.2. The minimum Gasteiger partial charge on any atom is -0.363 e. The van der Waals surface area contributed by atoms with Gasteiger partial charge in [-0.1, -0.05) is 0 Å². The van der Waals surface area contributed by atoms with Gasteiger partial charge in [0.05, 0.1) is 18.2 Å². The summed E-state index contributed by atoms with van der Waals surface area (Å²) >= 11 is 0. The Morgan fingerprint density at radius 3 is 2.86 bits per heavy atom. The van der Waals surface area contributed by atoms with Crippen LogP contribution in [0.1, 0.15) is 6.42 Å². The van der Waals surface area contributed by atoms with Gasteiger partial charge in [-0.05, 0) is 18.6 Å². The van der Waals surface area contributed by atoms with Crippen LogP contribution in [-0.4, -0.2) is 41.2 Å². The van der Waals surface area contributed by atoms with Gasteiger partial charge in [0, 0.05) is 39.6 Å². The second-order valence-corrected chi connectivity index (χ2v) is 4.83. The molecule has 112 valence electrons. The normalized spacial score (nSPS) is 10.2. The number of hydrogen-bond acceptors (Lipinski definition) is 4. The fourth-order valence-corrected chi connectivity index (χ4v) is 1.78. The van der Waals surface area contributed by atoms with Crippen molar-refractivity contribution in [3.63, 3.8) is 0 Å². The molecule has 0 atom stereocenters. The van der Waals surface area contributed by atoms with Gasteiger partial charge >= 0.3 is 6.03 Å². The Balaban J connectivity index is 1.69.